The first-order chi connectivity index (χ1) is 10.9. The SMILES string of the molecule is CC(=O)[C@H]1CCC2C3CC=C4C[C@@H](F)CC[C@]4(C)C3CC[C@@]21C. The van der Waals surface area contributed by atoms with Gasteiger partial charge < -0.3 is 0 Å². The summed E-state index contributed by atoms with van der Waals surface area (Å²) in [5.74, 6) is 2.84. The summed E-state index contributed by atoms with van der Waals surface area (Å²) < 4.78 is 13.9. The number of Topliss-reactive ketones (excluding diaryl/α,β-unsaturated/α-hetero) is 1. The van der Waals surface area contributed by atoms with Gasteiger partial charge in [0.1, 0.15) is 12.0 Å². The molecule has 2 heteroatoms. The van der Waals surface area contributed by atoms with Crippen LogP contribution in [0.4, 0.5) is 4.39 Å². The van der Waals surface area contributed by atoms with E-state index in [4.69, 9.17) is 0 Å². The van der Waals surface area contributed by atoms with Gasteiger partial charge in [-0.05, 0) is 80.5 Å². The van der Waals surface area contributed by atoms with Crippen molar-refractivity contribution in [1.29, 1.82) is 0 Å². The van der Waals surface area contributed by atoms with E-state index in [1.807, 2.05) is 0 Å². The van der Waals surface area contributed by atoms with Gasteiger partial charge in [-0.1, -0.05) is 25.5 Å². The van der Waals surface area contributed by atoms with Gasteiger partial charge in [0, 0.05) is 12.3 Å². The number of rotatable bonds is 1. The number of fused-ring (bicyclic) bond motifs is 5. The molecule has 0 spiro atoms. The maximum absolute atomic E-state index is 13.9. The van der Waals surface area contributed by atoms with Gasteiger partial charge in [-0.15, -0.1) is 0 Å². The number of alkyl halides is 1. The Balaban J connectivity index is 1.66. The van der Waals surface area contributed by atoms with Gasteiger partial charge in [-0.2, -0.15) is 0 Å². The molecule has 0 aliphatic heterocycles. The fourth-order valence-corrected chi connectivity index (χ4v) is 7.28. The van der Waals surface area contributed by atoms with E-state index >= 15 is 0 Å². The summed E-state index contributed by atoms with van der Waals surface area (Å²) in [5, 5.41) is 0. The van der Waals surface area contributed by atoms with Crippen molar-refractivity contribution in [2.24, 2.45) is 34.5 Å². The largest absolute Gasteiger partial charge is 0.300 e. The highest BCUT2D eigenvalue weighted by Gasteiger charge is 2.59. The molecule has 0 bridgehead atoms. The van der Waals surface area contributed by atoms with Gasteiger partial charge in [-0.3, -0.25) is 4.79 Å². The zero-order valence-corrected chi connectivity index (χ0v) is 14.9. The molecule has 128 valence electrons. The molecule has 0 N–H and O–H groups in total. The second-order valence-corrected chi connectivity index (χ2v) is 9.38. The second-order valence-electron chi connectivity index (χ2n) is 9.38. The highest BCUT2D eigenvalue weighted by atomic mass is 19.1. The summed E-state index contributed by atoms with van der Waals surface area (Å²) >= 11 is 0. The van der Waals surface area contributed by atoms with Crippen LogP contribution in [0.1, 0.15) is 72.1 Å². The molecule has 0 aromatic rings. The smallest absolute Gasteiger partial charge is 0.133 e. The summed E-state index contributed by atoms with van der Waals surface area (Å²) in [6.07, 6.45) is 10.1. The van der Waals surface area contributed by atoms with Gasteiger partial charge in [0.25, 0.3) is 0 Å². The van der Waals surface area contributed by atoms with E-state index in [-0.39, 0.29) is 16.7 Å². The quantitative estimate of drug-likeness (QED) is 0.584. The number of hydrogen-bond donors (Lipinski definition) is 0. The molecular formula is C21H31FO. The molecule has 4 rings (SSSR count). The van der Waals surface area contributed by atoms with E-state index in [2.05, 4.69) is 19.9 Å². The normalized spacial score (nSPS) is 52.2. The summed E-state index contributed by atoms with van der Waals surface area (Å²) in [6.45, 7) is 6.61. The number of hydrogen-bond acceptors (Lipinski definition) is 1. The average molecular weight is 318 g/mol. The first-order valence-corrected chi connectivity index (χ1v) is 9.70. The molecule has 7 atom stereocenters. The Labute approximate surface area is 140 Å². The monoisotopic (exact) mass is 318 g/mol. The van der Waals surface area contributed by atoms with Crippen LogP contribution >= 0.6 is 0 Å². The number of halogens is 1. The van der Waals surface area contributed by atoms with Crippen LogP contribution in [-0.2, 0) is 4.79 Å². The zero-order valence-electron chi connectivity index (χ0n) is 14.9. The van der Waals surface area contributed by atoms with Gasteiger partial charge >= 0.3 is 0 Å². The maximum Gasteiger partial charge on any atom is 0.133 e. The second kappa shape index (κ2) is 5.17. The Morgan fingerprint density at radius 2 is 1.91 bits per heavy atom. The van der Waals surface area contributed by atoms with Crippen LogP contribution in [0.15, 0.2) is 11.6 Å². The molecule has 0 heterocycles. The molecule has 0 amide bonds. The third-order valence-electron chi connectivity index (χ3n) is 8.53. The number of carbonyl (C=O) groups is 1. The van der Waals surface area contributed by atoms with Gasteiger partial charge in [0.05, 0.1) is 0 Å². The van der Waals surface area contributed by atoms with E-state index < -0.39 is 6.17 Å². The number of ketones is 1. The minimum atomic E-state index is -0.617. The summed E-state index contributed by atoms with van der Waals surface area (Å²) in [4.78, 5) is 12.1. The minimum Gasteiger partial charge on any atom is -0.300 e. The topological polar surface area (TPSA) is 17.1 Å². The van der Waals surface area contributed by atoms with Gasteiger partial charge in [0.15, 0.2) is 0 Å². The van der Waals surface area contributed by atoms with Crippen molar-refractivity contribution < 1.29 is 9.18 Å². The molecule has 3 unspecified atom stereocenters. The van der Waals surface area contributed by atoms with Crippen LogP contribution in [0, 0.1) is 34.5 Å². The van der Waals surface area contributed by atoms with E-state index in [0.29, 0.717) is 18.1 Å². The molecule has 4 aliphatic rings. The Hall–Kier alpha value is -0.660. The first-order valence-electron chi connectivity index (χ1n) is 9.70. The molecule has 0 aromatic heterocycles. The van der Waals surface area contributed by atoms with E-state index in [9.17, 15) is 9.18 Å². The van der Waals surface area contributed by atoms with Gasteiger partial charge in [0.2, 0.25) is 0 Å². The van der Waals surface area contributed by atoms with E-state index in [1.165, 1.54) is 24.8 Å². The van der Waals surface area contributed by atoms with E-state index in [0.717, 1.165) is 37.5 Å². The van der Waals surface area contributed by atoms with Crippen LogP contribution in [0.5, 0.6) is 0 Å². The molecule has 0 aromatic carbocycles. The van der Waals surface area contributed by atoms with Crippen molar-refractivity contribution >= 4 is 5.78 Å². The first kappa shape index (κ1) is 15.8. The Kier molecular flexibility index (Phi) is 3.56. The van der Waals surface area contributed by atoms with Crippen molar-refractivity contribution in [3.63, 3.8) is 0 Å². The van der Waals surface area contributed by atoms with Crippen molar-refractivity contribution in [2.45, 2.75) is 78.3 Å². The molecule has 0 saturated heterocycles. The van der Waals surface area contributed by atoms with E-state index in [1.54, 1.807) is 6.92 Å². The molecule has 0 radical (unpaired) electrons. The lowest BCUT2D eigenvalue weighted by molar-refractivity contribution is -0.127. The lowest BCUT2D eigenvalue weighted by Gasteiger charge is -2.57. The van der Waals surface area contributed by atoms with Crippen LogP contribution in [-0.4, -0.2) is 12.0 Å². The molecule has 23 heavy (non-hydrogen) atoms. The molecule has 3 saturated carbocycles. The molecular weight excluding hydrogens is 287 g/mol. The zero-order chi connectivity index (χ0) is 16.4. The van der Waals surface area contributed by atoms with Crippen LogP contribution in [0.2, 0.25) is 0 Å². The van der Waals surface area contributed by atoms with Crippen molar-refractivity contribution in [2.75, 3.05) is 0 Å². The minimum absolute atomic E-state index is 0.228. The predicted molar refractivity (Wildman–Crippen MR) is 90.8 cm³/mol. The van der Waals surface area contributed by atoms with Crippen LogP contribution in [0.3, 0.4) is 0 Å². The fraction of sp³-hybridized carbons (Fsp3) is 0.857. The van der Waals surface area contributed by atoms with Gasteiger partial charge in [-0.25, -0.2) is 4.39 Å². The molecule has 3 fully saturated rings. The molecule has 4 aliphatic carbocycles. The number of allylic oxidation sites excluding steroid dienone is 2. The standard InChI is InChI=1S/C21H31FO/c1-13(23)17-6-7-18-16-5-4-14-12-15(22)8-10-20(14,2)19(16)9-11-21(17,18)3/h4,15-19H,5-12H2,1-3H3/t15-,16?,17+,18?,19?,20-,21+/m0/s1. The predicted octanol–water partition coefficient (Wildman–Crippen LogP) is 5.49. The third-order valence-corrected chi connectivity index (χ3v) is 8.53. The lowest BCUT2D eigenvalue weighted by atomic mass is 9.47. The van der Waals surface area contributed by atoms with Crippen molar-refractivity contribution in [3.05, 3.63) is 11.6 Å². The van der Waals surface area contributed by atoms with Crippen LogP contribution in [0.25, 0.3) is 0 Å². The fourth-order valence-electron chi connectivity index (χ4n) is 7.28. The Morgan fingerprint density at radius 1 is 1.13 bits per heavy atom. The highest BCUT2D eigenvalue weighted by molar-refractivity contribution is 5.79. The van der Waals surface area contributed by atoms with Crippen molar-refractivity contribution in [1.82, 2.24) is 0 Å². The lowest BCUT2D eigenvalue weighted by Crippen LogP contribution is -2.50. The summed E-state index contributed by atoms with van der Waals surface area (Å²) in [7, 11) is 0. The Bertz CT molecular complexity index is 552. The van der Waals surface area contributed by atoms with Crippen molar-refractivity contribution in [3.8, 4) is 0 Å². The summed E-state index contributed by atoms with van der Waals surface area (Å²) in [5.41, 5.74) is 1.88. The maximum atomic E-state index is 13.9. The Morgan fingerprint density at radius 3 is 2.65 bits per heavy atom. The van der Waals surface area contributed by atoms with Crippen LogP contribution < -0.4 is 0 Å². The third kappa shape index (κ3) is 2.12. The summed E-state index contributed by atoms with van der Waals surface area (Å²) in [6, 6.07) is 0. The highest BCUT2D eigenvalue weighted by Crippen LogP contribution is 2.66. The molecule has 1 nitrogen and oxygen atoms in total. The number of carbonyl (C=O) groups excluding carboxylic acids is 1. The average Bonchev–Trinajstić information content (AvgIpc) is 2.85.